The Morgan fingerprint density at radius 2 is 0.400 bits per heavy atom. The van der Waals surface area contributed by atoms with Crippen LogP contribution in [0, 0.1) is 0 Å². The third-order valence-corrected chi connectivity index (χ3v) is 0. The molecule has 0 N–H and O–H groups in total. The predicted octanol–water partition coefficient (Wildman–Crippen LogP) is 1.31. The molecule has 0 amide bonds. The summed E-state index contributed by atoms with van der Waals surface area (Å²) in [5.74, 6) is 0. The van der Waals surface area contributed by atoms with Gasteiger partial charge >= 0.3 is 0 Å². The first-order chi connectivity index (χ1) is 0. The summed E-state index contributed by atoms with van der Waals surface area (Å²) in [7, 11) is 0. The molecule has 0 aromatic carbocycles. The quantitative estimate of drug-likeness (QED) is 0.579. The van der Waals surface area contributed by atoms with E-state index in [0.717, 1.165) is 0 Å². The maximum Gasteiger partial charge on any atom is 0 e. The molecule has 0 saturated carbocycles. The molecule has 0 heterocycles. The van der Waals surface area contributed by atoms with Gasteiger partial charge in [-0.3, -0.25) is 0 Å². The number of rotatable bonds is 0. The molecule has 0 aromatic heterocycles. The van der Waals surface area contributed by atoms with E-state index in [-0.39, 0.29) is 73.5 Å². The van der Waals surface area contributed by atoms with Gasteiger partial charge in [-0.2, -0.15) is 0 Å². The molecule has 5 heteroatoms. The zero-order valence-electron chi connectivity index (χ0n) is 2.13. The van der Waals surface area contributed by atoms with Crippen LogP contribution in [0.5, 0.6) is 0 Å². The van der Waals surface area contributed by atoms with Gasteiger partial charge in [0.1, 0.15) is 0 Å². The minimum atomic E-state index is 0. The normalized spacial score (nSPS) is 0. The first kappa shape index (κ1) is 64.4. The van der Waals surface area contributed by atoms with Gasteiger partial charge in [0.25, 0.3) is 0 Å². The summed E-state index contributed by atoms with van der Waals surface area (Å²) in [6.07, 6.45) is 0. The van der Waals surface area contributed by atoms with Gasteiger partial charge in [-0.05, 0) is 0 Å². The zero-order chi connectivity index (χ0) is 0. The molecule has 0 nitrogen and oxygen atoms in total. The molecule has 0 rings (SSSR count). The van der Waals surface area contributed by atoms with Crippen molar-refractivity contribution in [1.29, 1.82) is 0 Å². The zero-order valence-corrected chi connectivity index (χ0v) is 8.25. The van der Waals surface area contributed by atoms with Gasteiger partial charge < -0.3 is 0 Å². The molecule has 0 aromatic rings. The Kier molecular flexibility index (Phi) is 492. The summed E-state index contributed by atoms with van der Waals surface area (Å²) < 4.78 is 0. The Labute approximate surface area is 73.1 Å². The molecule has 0 bridgehead atoms. The molecule has 0 saturated heterocycles. The van der Waals surface area contributed by atoms with Crippen molar-refractivity contribution in [1.82, 2.24) is 0 Å². The average Bonchev–Trinajstić information content (AvgIpc) is 0. The van der Waals surface area contributed by atoms with Crippen LogP contribution in [0.25, 0.3) is 0 Å². The second-order valence-corrected chi connectivity index (χ2v) is 0. The second-order valence-electron chi connectivity index (χ2n) is 0. The summed E-state index contributed by atoms with van der Waals surface area (Å²) in [4.78, 5) is 0. The Bertz CT molecular complexity index is 3.61. The molecule has 5 heavy (non-hydrogen) atoms. The van der Waals surface area contributed by atoms with E-state index in [1.165, 1.54) is 0 Å². The molecule has 36 valence electrons. The summed E-state index contributed by atoms with van der Waals surface area (Å²) in [6.45, 7) is 0. The van der Waals surface area contributed by atoms with Crippen LogP contribution in [-0.4, -0.2) is 23.9 Å². The third-order valence-electron chi connectivity index (χ3n) is 0. The van der Waals surface area contributed by atoms with Gasteiger partial charge in [0, 0.05) is 23.9 Å². The predicted molar refractivity (Wildman–Crippen MR) is 34.7 cm³/mol. The van der Waals surface area contributed by atoms with Gasteiger partial charge in [-0.25, -0.2) is 0 Å². The van der Waals surface area contributed by atoms with Gasteiger partial charge in [0.15, 0.2) is 0 Å². The summed E-state index contributed by atoms with van der Waals surface area (Å²) in [6, 6.07) is 0. The maximum atomic E-state index is 0. The fourth-order valence-corrected chi connectivity index (χ4v) is 0. The average molecular weight is 265 g/mol. The fourth-order valence-electron chi connectivity index (χ4n) is 0. The topological polar surface area (TPSA) is 0 Å². The van der Waals surface area contributed by atoms with E-state index in [1.54, 1.807) is 0 Å². The number of halogens is 4. The SMILES string of the molecule is Cl.Cl.Cl.Cl.[Sn]. The molecule has 0 aliphatic carbocycles. The van der Waals surface area contributed by atoms with E-state index in [9.17, 15) is 0 Å². The van der Waals surface area contributed by atoms with E-state index in [4.69, 9.17) is 0 Å². The Morgan fingerprint density at radius 1 is 0.400 bits per heavy atom. The third kappa shape index (κ3) is 24.3. The van der Waals surface area contributed by atoms with Crippen molar-refractivity contribution in [2.75, 3.05) is 0 Å². The molecule has 0 atom stereocenters. The van der Waals surface area contributed by atoms with Crippen molar-refractivity contribution in [3.8, 4) is 0 Å². The van der Waals surface area contributed by atoms with Crippen LogP contribution in [0.4, 0.5) is 0 Å². The van der Waals surface area contributed by atoms with E-state index in [2.05, 4.69) is 0 Å². The van der Waals surface area contributed by atoms with Crippen LogP contribution < -0.4 is 0 Å². The molecule has 0 spiro atoms. The van der Waals surface area contributed by atoms with Crippen LogP contribution in [-0.2, 0) is 0 Å². The first-order valence-electron chi connectivity index (χ1n) is 0. The largest absolute Gasteiger partial charge is 0.147 e. The van der Waals surface area contributed by atoms with E-state index < -0.39 is 0 Å². The minimum absolute atomic E-state index is 0. The van der Waals surface area contributed by atoms with E-state index in [0.29, 0.717) is 0 Å². The standard InChI is InChI=1S/4ClH.Sn/h4*1H;. The van der Waals surface area contributed by atoms with Gasteiger partial charge in [-0.1, -0.05) is 0 Å². The Balaban J connectivity index is 0. The number of hydrogen-bond acceptors (Lipinski definition) is 0. The van der Waals surface area contributed by atoms with Gasteiger partial charge in [-0.15, -0.1) is 49.6 Å². The van der Waals surface area contributed by atoms with Crippen molar-refractivity contribution >= 4 is 73.5 Å². The van der Waals surface area contributed by atoms with Crippen LogP contribution in [0.15, 0.2) is 0 Å². The van der Waals surface area contributed by atoms with Crippen molar-refractivity contribution < 1.29 is 0 Å². The molecule has 0 unspecified atom stereocenters. The van der Waals surface area contributed by atoms with Crippen molar-refractivity contribution in [3.63, 3.8) is 0 Å². The Morgan fingerprint density at radius 3 is 0.400 bits per heavy atom. The molecule has 0 aliphatic rings. The van der Waals surface area contributed by atoms with E-state index >= 15 is 0 Å². The summed E-state index contributed by atoms with van der Waals surface area (Å²) in [5.41, 5.74) is 0. The van der Waals surface area contributed by atoms with E-state index in [1.807, 2.05) is 0 Å². The molecule has 0 fully saturated rings. The van der Waals surface area contributed by atoms with Crippen LogP contribution in [0.2, 0.25) is 0 Å². The molecule has 4 radical (unpaired) electrons. The maximum absolute atomic E-state index is 0. The van der Waals surface area contributed by atoms with Crippen molar-refractivity contribution in [2.24, 2.45) is 0 Å². The molecular weight excluding hydrogens is 261 g/mol. The van der Waals surface area contributed by atoms with Crippen LogP contribution in [0.3, 0.4) is 0 Å². The number of hydrogen-bond donors (Lipinski definition) is 0. The summed E-state index contributed by atoms with van der Waals surface area (Å²) >= 11 is 0. The smallest absolute Gasteiger partial charge is 0 e. The van der Waals surface area contributed by atoms with Crippen molar-refractivity contribution in [2.45, 2.75) is 0 Å². The van der Waals surface area contributed by atoms with Crippen molar-refractivity contribution in [3.05, 3.63) is 0 Å². The molecule has 0 aliphatic heterocycles. The van der Waals surface area contributed by atoms with Crippen LogP contribution >= 0.6 is 49.6 Å². The summed E-state index contributed by atoms with van der Waals surface area (Å²) in [5, 5.41) is 0. The van der Waals surface area contributed by atoms with Crippen LogP contribution in [0.1, 0.15) is 0 Å². The first-order valence-corrected chi connectivity index (χ1v) is 0. The molecular formula is H4Cl4Sn. The monoisotopic (exact) mass is 264 g/mol. The van der Waals surface area contributed by atoms with Gasteiger partial charge in [0.2, 0.25) is 0 Å². The second kappa shape index (κ2) is 38.2. The fraction of sp³-hybridized carbons (Fsp3) is 0. The van der Waals surface area contributed by atoms with Gasteiger partial charge in [0.05, 0.1) is 0 Å². The minimum Gasteiger partial charge on any atom is -0.147 e. The Hall–Kier alpha value is 1.96.